The van der Waals surface area contributed by atoms with Crippen molar-refractivity contribution in [3.8, 4) is 0 Å². The third-order valence-corrected chi connectivity index (χ3v) is 4.73. The van der Waals surface area contributed by atoms with Crippen LogP contribution in [-0.4, -0.2) is 73.8 Å². The fraction of sp³-hybridized carbons (Fsp3) is 0.500. The minimum absolute atomic E-state index is 0.394. The molecule has 0 radical (unpaired) electrons. The molecule has 0 amide bonds. The molecule has 2 aromatic heterocycles. The van der Waals surface area contributed by atoms with Crippen molar-refractivity contribution in [1.82, 2.24) is 15.0 Å². The van der Waals surface area contributed by atoms with Crippen LogP contribution in [0.5, 0.6) is 0 Å². The molecule has 0 aliphatic carbocycles. The van der Waals surface area contributed by atoms with Gasteiger partial charge in [-0.15, -0.1) is 0 Å². The molecule has 2 fully saturated rings. The Bertz CT molecular complexity index is 752. The average molecular weight is 485 g/mol. The van der Waals surface area contributed by atoms with Crippen LogP contribution in [-0.2, 0) is 9.47 Å². The Morgan fingerprint density at radius 3 is 2.04 bits per heavy atom. The van der Waals surface area contributed by atoms with Gasteiger partial charge in [-0.05, 0) is 34.7 Å². The van der Waals surface area contributed by atoms with Crippen LogP contribution < -0.4 is 15.2 Å². The van der Waals surface area contributed by atoms with Gasteiger partial charge in [0.05, 0.1) is 32.6 Å². The third kappa shape index (κ3) is 4.84. The molecule has 2 aliphatic heterocycles. The molecule has 144 valence electrons. The quantitative estimate of drug-likeness (QED) is 0.380. The molecule has 0 unspecified atom stereocenters. The molecule has 10 nitrogen and oxygen atoms in total. The smallest absolute Gasteiger partial charge is 0.250 e. The number of nitrogens with one attached hydrogen (secondary N) is 1. The molecule has 11 heteroatoms. The molecule has 0 aromatic carbocycles. The first-order valence-corrected chi connectivity index (χ1v) is 9.82. The van der Waals surface area contributed by atoms with Crippen molar-refractivity contribution in [3.63, 3.8) is 0 Å². The standard InChI is InChI=1S/C16H20IN7O3/c17-13-2-1-12(27-13)11-18-22-14-19-15(23-3-7-25-8-4-23)21-16(20-14)24-5-9-26-10-6-24/h1-2,11H,3-10H2,(H,19,20,21,22)/b18-11+. The second-order valence-corrected chi connectivity index (χ2v) is 7.03. The molecule has 1 N–H and O–H groups in total. The van der Waals surface area contributed by atoms with Crippen molar-refractivity contribution in [2.24, 2.45) is 5.10 Å². The summed E-state index contributed by atoms with van der Waals surface area (Å²) in [7, 11) is 0. The lowest BCUT2D eigenvalue weighted by Crippen LogP contribution is -2.40. The van der Waals surface area contributed by atoms with Crippen molar-refractivity contribution in [2.45, 2.75) is 0 Å². The Morgan fingerprint density at radius 1 is 0.926 bits per heavy atom. The van der Waals surface area contributed by atoms with Crippen molar-refractivity contribution in [3.05, 3.63) is 21.7 Å². The van der Waals surface area contributed by atoms with Gasteiger partial charge in [0.25, 0.3) is 0 Å². The van der Waals surface area contributed by atoms with E-state index in [0.717, 1.165) is 29.9 Å². The van der Waals surface area contributed by atoms with Gasteiger partial charge in [-0.25, -0.2) is 5.43 Å². The summed E-state index contributed by atoms with van der Waals surface area (Å²) in [5.74, 6) is 2.30. The zero-order valence-electron chi connectivity index (χ0n) is 14.7. The maximum absolute atomic E-state index is 5.46. The highest BCUT2D eigenvalue weighted by molar-refractivity contribution is 14.1. The number of halogens is 1. The summed E-state index contributed by atoms with van der Waals surface area (Å²) in [4.78, 5) is 17.9. The number of ether oxygens (including phenoxy) is 2. The number of anilines is 3. The van der Waals surface area contributed by atoms with E-state index >= 15 is 0 Å². The molecule has 0 atom stereocenters. The molecule has 0 bridgehead atoms. The van der Waals surface area contributed by atoms with E-state index in [0.29, 0.717) is 50.0 Å². The zero-order valence-corrected chi connectivity index (χ0v) is 16.8. The van der Waals surface area contributed by atoms with Crippen LogP contribution in [0.25, 0.3) is 0 Å². The Kier molecular flexibility index (Phi) is 5.99. The topological polar surface area (TPSA) is 101 Å². The SMILES string of the molecule is Ic1ccc(/C=N/Nc2nc(N3CCOCC3)nc(N3CCOCC3)n2)o1. The molecule has 0 saturated carbocycles. The summed E-state index contributed by atoms with van der Waals surface area (Å²) in [6, 6.07) is 3.72. The lowest BCUT2D eigenvalue weighted by molar-refractivity contribution is 0.121. The van der Waals surface area contributed by atoms with Gasteiger partial charge in [0, 0.05) is 26.2 Å². The summed E-state index contributed by atoms with van der Waals surface area (Å²) in [5.41, 5.74) is 2.89. The monoisotopic (exact) mass is 485 g/mol. The summed E-state index contributed by atoms with van der Waals surface area (Å²) < 4.78 is 17.1. The third-order valence-electron chi connectivity index (χ3n) is 4.15. The molecule has 2 aromatic rings. The van der Waals surface area contributed by atoms with E-state index in [1.807, 2.05) is 12.1 Å². The second-order valence-electron chi connectivity index (χ2n) is 5.97. The van der Waals surface area contributed by atoms with E-state index in [4.69, 9.17) is 13.9 Å². The van der Waals surface area contributed by atoms with Crippen LogP contribution in [0.1, 0.15) is 5.76 Å². The molecular weight excluding hydrogens is 465 g/mol. The fourth-order valence-electron chi connectivity index (χ4n) is 2.76. The predicted molar refractivity (Wildman–Crippen MR) is 109 cm³/mol. The van der Waals surface area contributed by atoms with Crippen molar-refractivity contribution >= 4 is 46.7 Å². The maximum atomic E-state index is 5.46. The molecule has 2 saturated heterocycles. The Morgan fingerprint density at radius 2 is 1.52 bits per heavy atom. The number of hydrogen-bond acceptors (Lipinski definition) is 10. The van der Waals surface area contributed by atoms with Crippen LogP contribution in [0.2, 0.25) is 0 Å². The number of hydrazone groups is 1. The van der Waals surface area contributed by atoms with Gasteiger partial charge in [0.15, 0.2) is 3.77 Å². The van der Waals surface area contributed by atoms with E-state index in [1.54, 1.807) is 6.21 Å². The first-order valence-electron chi connectivity index (χ1n) is 8.74. The van der Waals surface area contributed by atoms with E-state index in [1.165, 1.54) is 0 Å². The predicted octanol–water partition coefficient (Wildman–Crippen LogP) is 1.19. The van der Waals surface area contributed by atoms with Crippen molar-refractivity contribution < 1.29 is 13.9 Å². The van der Waals surface area contributed by atoms with E-state index < -0.39 is 0 Å². The Labute approximate surface area is 170 Å². The van der Waals surface area contributed by atoms with Gasteiger partial charge in [-0.3, -0.25) is 0 Å². The lowest BCUT2D eigenvalue weighted by atomic mass is 10.4. The van der Waals surface area contributed by atoms with Gasteiger partial charge in [0.2, 0.25) is 17.8 Å². The van der Waals surface area contributed by atoms with Gasteiger partial charge in [-0.1, -0.05) is 0 Å². The Balaban J connectivity index is 1.55. The highest BCUT2D eigenvalue weighted by Crippen LogP contribution is 2.18. The number of furan rings is 1. The van der Waals surface area contributed by atoms with Crippen LogP contribution >= 0.6 is 22.6 Å². The molecule has 0 spiro atoms. The minimum atomic E-state index is 0.394. The molecule has 2 aliphatic rings. The number of aromatic nitrogens is 3. The van der Waals surface area contributed by atoms with Crippen LogP contribution in [0, 0.1) is 3.77 Å². The lowest BCUT2D eigenvalue weighted by Gasteiger charge is -2.30. The first-order chi connectivity index (χ1) is 13.3. The highest BCUT2D eigenvalue weighted by Gasteiger charge is 2.20. The van der Waals surface area contributed by atoms with Crippen LogP contribution in [0.4, 0.5) is 17.8 Å². The van der Waals surface area contributed by atoms with Crippen LogP contribution in [0.15, 0.2) is 21.7 Å². The largest absolute Gasteiger partial charge is 0.449 e. The van der Waals surface area contributed by atoms with Crippen molar-refractivity contribution in [2.75, 3.05) is 67.8 Å². The maximum Gasteiger partial charge on any atom is 0.250 e. The number of hydrogen-bond donors (Lipinski definition) is 1. The van der Waals surface area contributed by atoms with E-state index in [-0.39, 0.29) is 0 Å². The van der Waals surface area contributed by atoms with E-state index in [9.17, 15) is 0 Å². The van der Waals surface area contributed by atoms with Gasteiger partial charge in [-0.2, -0.15) is 20.1 Å². The highest BCUT2D eigenvalue weighted by atomic mass is 127. The van der Waals surface area contributed by atoms with Crippen molar-refractivity contribution in [1.29, 1.82) is 0 Å². The molecular formula is C16H20IN7O3. The molecule has 27 heavy (non-hydrogen) atoms. The first kappa shape index (κ1) is 18.4. The summed E-state index contributed by atoms with van der Waals surface area (Å²) >= 11 is 2.11. The normalized spacial score (nSPS) is 18.3. The average Bonchev–Trinajstić information content (AvgIpc) is 3.14. The van der Waals surface area contributed by atoms with Gasteiger partial charge >= 0.3 is 0 Å². The van der Waals surface area contributed by atoms with E-state index in [2.05, 4.69) is 57.9 Å². The zero-order chi connectivity index (χ0) is 18.5. The second kappa shape index (κ2) is 8.80. The fourth-order valence-corrected chi connectivity index (χ4v) is 3.20. The minimum Gasteiger partial charge on any atom is -0.449 e. The molecule has 4 heterocycles. The number of nitrogens with zero attached hydrogens (tertiary/aromatic N) is 6. The Hall–Kier alpha value is -1.99. The number of rotatable bonds is 5. The summed E-state index contributed by atoms with van der Waals surface area (Å²) in [6.07, 6.45) is 1.59. The van der Waals surface area contributed by atoms with Crippen LogP contribution in [0.3, 0.4) is 0 Å². The van der Waals surface area contributed by atoms with Gasteiger partial charge < -0.3 is 23.7 Å². The van der Waals surface area contributed by atoms with Gasteiger partial charge in [0.1, 0.15) is 5.76 Å². The summed E-state index contributed by atoms with van der Waals surface area (Å²) in [5, 5.41) is 4.19. The summed E-state index contributed by atoms with van der Waals surface area (Å²) in [6.45, 7) is 5.65. The molecule has 4 rings (SSSR count). The number of morpholine rings is 2.